The van der Waals surface area contributed by atoms with E-state index < -0.39 is 0 Å². The Labute approximate surface area is 256 Å². The average molecular weight is 557 g/mol. The van der Waals surface area contributed by atoms with E-state index in [0.717, 1.165) is 0 Å². The molecule has 0 aliphatic rings. The topological polar surface area (TPSA) is 0 Å². The third kappa shape index (κ3) is 3.85. The lowest BCUT2D eigenvalue weighted by atomic mass is 9.84. The summed E-state index contributed by atoms with van der Waals surface area (Å²) < 4.78 is 0. The van der Waals surface area contributed by atoms with E-state index in [0.29, 0.717) is 0 Å². The van der Waals surface area contributed by atoms with E-state index in [1.54, 1.807) is 0 Å². The number of benzene rings is 9. The van der Waals surface area contributed by atoms with Crippen LogP contribution in [0.15, 0.2) is 170 Å². The quantitative estimate of drug-likeness (QED) is 0.150. The zero-order chi connectivity index (χ0) is 29.0. The third-order valence-electron chi connectivity index (χ3n) is 9.20. The van der Waals surface area contributed by atoms with E-state index in [2.05, 4.69) is 170 Å². The van der Waals surface area contributed by atoms with Crippen molar-refractivity contribution in [3.05, 3.63) is 170 Å². The van der Waals surface area contributed by atoms with Gasteiger partial charge in [0.15, 0.2) is 0 Å². The first kappa shape index (κ1) is 24.8. The molecule has 0 atom stereocenters. The molecule has 9 rings (SSSR count). The molecular weight excluding hydrogens is 528 g/mol. The van der Waals surface area contributed by atoms with Gasteiger partial charge in [-0.25, -0.2) is 0 Å². The predicted octanol–water partition coefficient (Wildman–Crippen LogP) is 12.5. The maximum atomic E-state index is 2.40. The Balaban J connectivity index is 1.35. The number of hydrogen-bond donors (Lipinski definition) is 0. The third-order valence-corrected chi connectivity index (χ3v) is 9.20. The van der Waals surface area contributed by atoms with Gasteiger partial charge in [0.05, 0.1) is 0 Å². The average Bonchev–Trinajstić information content (AvgIpc) is 3.10. The first-order chi connectivity index (χ1) is 21.8. The van der Waals surface area contributed by atoms with Crippen molar-refractivity contribution >= 4 is 53.9 Å². The monoisotopic (exact) mass is 556 g/mol. The minimum Gasteiger partial charge on any atom is -0.0622 e. The second-order valence-corrected chi connectivity index (χ2v) is 11.7. The largest absolute Gasteiger partial charge is 0.0622 e. The fraction of sp³-hybridized carbons (Fsp3) is 0. The molecule has 0 radical (unpaired) electrons. The minimum atomic E-state index is 1.24. The van der Waals surface area contributed by atoms with E-state index in [1.807, 2.05) is 0 Å². The second kappa shape index (κ2) is 9.93. The summed E-state index contributed by atoms with van der Waals surface area (Å²) in [4.78, 5) is 0. The van der Waals surface area contributed by atoms with E-state index in [4.69, 9.17) is 0 Å². The molecular formula is C44H28. The molecule has 0 N–H and O–H groups in total. The smallest absolute Gasteiger partial charge is 0.00262 e. The van der Waals surface area contributed by atoms with Crippen LogP contribution in [-0.2, 0) is 0 Å². The van der Waals surface area contributed by atoms with Crippen molar-refractivity contribution in [3.63, 3.8) is 0 Å². The number of fused-ring (bicyclic) bond motifs is 6. The zero-order valence-corrected chi connectivity index (χ0v) is 24.2. The summed E-state index contributed by atoms with van der Waals surface area (Å²) >= 11 is 0. The van der Waals surface area contributed by atoms with Crippen LogP contribution in [0.3, 0.4) is 0 Å². The minimum absolute atomic E-state index is 1.24. The Morgan fingerprint density at radius 2 is 0.705 bits per heavy atom. The Morgan fingerprint density at radius 3 is 1.34 bits per heavy atom. The van der Waals surface area contributed by atoms with E-state index in [-0.39, 0.29) is 0 Å². The molecule has 44 heavy (non-hydrogen) atoms. The van der Waals surface area contributed by atoms with Crippen molar-refractivity contribution < 1.29 is 0 Å². The summed E-state index contributed by atoms with van der Waals surface area (Å²) in [6.07, 6.45) is 0. The van der Waals surface area contributed by atoms with Gasteiger partial charge in [0.25, 0.3) is 0 Å². The van der Waals surface area contributed by atoms with Gasteiger partial charge in [-0.1, -0.05) is 152 Å². The molecule has 0 bridgehead atoms. The molecule has 0 fully saturated rings. The number of hydrogen-bond acceptors (Lipinski definition) is 0. The molecule has 0 nitrogen and oxygen atoms in total. The highest BCUT2D eigenvalue weighted by molar-refractivity contribution is 6.23. The van der Waals surface area contributed by atoms with Gasteiger partial charge < -0.3 is 0 Å². The highest BCUT2D eigenvalue weighted by Gasteiger charge is 2.17. The Kier molecular flexibility index (Phi) is 5.61. The molecule has 9 aromatic rings. The first-order valence-electron chi connectivity index (χ1n) is 15.3. The van der Waals surface area contributed by atoms with Gasteiger partial charge in [-0.05, 0) is 105 Å². The fourth-order valence-corrected chi connectivity index (χ4v) is 7.22. The van der Waals surface area contributed by atoms with Crippen LogP contribution in [0.2, 0.25) is 0 Å². The lowest BCUT2D eigenvalue weighted by Crippen LogP contribution is -1.91. The SMILES string of the molecule is c1ccc(-c2cc3cc(-c4c5ccccc5c(-c5ccc6ccccc6c5)c5ccccc45)ccc3c3ccccc23)cc1. The summed E-state index contributed by atoms with van der Waals surface area (Å²) in [7, 11) is 0. The van der Waals surface area contributed by atoms with Crippen LogP contribution in [0.1, 0.15) is 0 Å². The fourth-order valence-electron chi connectivity index (χ4n) is 7.22. The van der Waals surface area contributed by atoms with Crippen LogP contribution in [-0.4, -0.2) is 0 Å². The molecule has 0 spiro atoms. The van der Waals surface area contributed by atoms with Crippen LogP contribution in [0.25, 0.3) is 87.2 Å². The standard InChI is InChI=1S/C44H28/c1-2-13-30(14-3-1)42-28-34-27-33(24-25-35(34)36-16-6-7-17-37(36)42)44-40-20-10-8-18-38(40)43(39-19-9-11-21-41(39)44)32-23-22-29-12-4-5-15-31(29)26-32/h1-28H. The molecule has 0 heterocycles. The summed E-state index contributed by atoms with van der Waals surface area (Å²) in [5.41, 5.74) is 7.59. The normalized spacial score (nSPS) is 11.6. The highest BCUT2D eigenvalue weighted by Crippen LogP contribution is 2.45. The van der Waals surface area contributed by atoms with Crippen LogP contribution in [0, 0.1) is 0 Å². The highest BCUT2D eigenvalue weighted by atomic mass is 14.2. The zero-order valence-electron chi connectivity index (χ0n) is 24.2. The van der Waals surface area contributed by atoms with Crippen LogP contribution in [0.4, 0.5) is 0 Å². The molecule has 204 valence electrons. The molecule has 0 saturated carbocycles. The van der Waals surface area contributed by atoms with Gasteiger partial charge in [-0.3, -0.25) is 0 Å². The Hall–Kier alpha value is -5.72. The molecule has 0 aliphatic carbocycles. The van der Waals surface area contributed by atoms with Crippen molar-refractivity contribution in [1.82, 2.24) is 0 Å². The van der Waals surface area contributed by atoms with Gasteiger partial charge in [0.2, 0.25) is 0 Å². The van der Waals surface area contributed by atoms with E-state index in [9.17, 15) is 0 Å². The summed E-state index contributed by atoms with van der Waals surface area (Å²) in [6, 6.07) is 62.3. The van der Waals surface area contributed by atoms with Crippen molar-refractivity contribution in [2.75, 3.05) is 0 Å². The Morgan fingerprint density at radius 1 is 0.227 bits per heavy atom. The molecule has 0 amide bonds. The van der Waals surface area contributed by atoms with Crippen molar-refractivity contribution in [2.24, 2.45) is 0 Å². The van der Waals surface area contributed by atoms with E-state index >= 15 is 0 Å². The maximum Gasteiger partial charge on any atom is -0.00262 e. The summed E-state index contributed by atoms with van der Waals surface area (Å²) in [5.74, 6) is 0. The molecule has 0 heteroatoms. The predicted molar refractivity (Wildman–Crippen MR) is 190 cm³/mol. The second-order valence-electron chi connectivity index (χ2n) is 11.7. The molecule has 0 aliphatic heterocycles. The Bertz CT molecular complexity index is 2480. The lowest BCUT2D eigenvalue weighted by Gasteiger charge is -2.19. The van der Waals surface area contributed by atoms with Gasteiger partial charge in [-0.2, -0.15) is 0 Å². The molecule has 0 saturated heterocycles. The van der Waals surface area contributed by atoms with Gasteiger partial charge in [-0.15, -0.1) is 0 Å². The van der Waals surface area contributed by atoms with Crippen molar-refractivity contribution in [3.8, 4) is 33.4 Å². The van der Waals surface area contributed by atoms with Gasteiger partial charge in [0, 0.05) is 0 Å². The van der Waals surface area contributed by atoms with Gasteiger partial charge in [0.1, 0.15) is 0 Å². The van der Waals surface area contributed by atoms with Gasteiger partial charge >= 0.3 is 0 Å². The van der Waals surface area contributed by atoms with Crippen molar-refractivity contribution in [2.45, 2.75) is 0 Å². The number of rotatable bonds is 3. The van der Waals surface area contributed by atoms with Crippen LogP contribution >= 0.6 is 0 Å². The van der Waals surface area contributed by atoms with E-state index in [1.165, 1.54) is 87.2 Å². The summed E-state index contributed by atoms with van der Waals surface area (Å²) in [5, 5.41) is 12.7. The maximum absolute atomic E-state index is 2.40. The van der Waals surface area contributed by atoms with Crippen LogP contribution in [0.5, 0.6) is 0 Å². The molecule has 0 aromatic heterocycles. The molecule has 0 unspecified atom stereocenters. The van der Waals surface area contributed by atoms with Crippen LogP contribution < -0.4 is 0 Å². The molecule has 9 aromatic carbocycles. The summed E-state index contributed by atoms with van der Waals surface area (Å²) in [6.45, 7) is 0. The van der Waals surface area contributed by atoms with Crippen molar-refractivity contribution in [1.29, 1.82) is 0 Å². The lowest BCUT2D eigenvalue weighted by molar-refractivity contribution is 1.66. The first-order valence-corrected chi connectivity index (χ1v) is 15.3.